The third-order valence-electron chi connectivity index (χ3n) is 3.18. The van der Waals surface area contributed by atoms with Gasteiger partial charge in [-0.15, -0.1) is 0 Å². The summed E-state index contributed by atoms with van der Waals surface area (Å²) in [5.41, 5.74) is 2.21. The maximum Gasteiger partial charge on any atom is 0.219 e. The second kappa shape index (κ2) is 6.72. The molecule has 0 spiro atoms. The maximum absolute atomic E-state index is 5.86. The molecule has 2 heterocycles. The third-order valence-corrected chi connectivity index (χ3v) is 3.18. The first-order valence-corrected chi connectivity index (χ1v) is 7.37. The second-order valence-electron chi connectivity index (χ2n) is 5.78. The van der Waals surface area contributed by atoms with Crippen molar-refractivity contribution in [3.8, 4) is 11.6 Å². The summed E-state index contributed by atoms with van der Waals surface area (Å²) < 4.78 is 7.74. The van der Waals surface area contributed by atoms with E-state index in [1.165, 1.54) is 5.56 Å². The Morgan fingerprint density at radius 2 is 2.00 bits per heavy atom. The van der Waals surface area contributed by atoms with Gasteiger partial charge >= 0.3 is 0 Å². The summed E-state index contributed by atoms with van der Waals surface area (Å²) in [5, 5.41) is 7.44. The van der Waals surface area contributed by atoms with Gasteiger partial charge in [0.1, 0.15) is 0 Å². The molecule has 0 aliphatic rings. The van der Waals surface area contributed by atoms with Gasteiger partial charge < -0.3 is 10.1 Å². The molecule has 0 unspecified atom stereocenters. The monoisotopic (exact) mass is 288 g/mol. The van der Waals surface area contributed by atoms with Gasteiger partial charge in [-0.25, -0.2) is 4.98 Å². The lowest BCUT2D eigenvalue weighted by atomic mass is 10.1. The van der Waals surface area contributed by atoms with Crippen LogP contribution < -0.4 is 10.1 Å². The minimum atomic E-state index is 0.317. The Morgan fingerprint density at radius 1 is 1.24 bits per heavy atom. The first-order chi connectivity index (χ1) is 9.99. The highest BCUT2D eigenvalue weighted by molar-refractivity contribution is 5.30. The van der Waals surface area contributed by atoms with E-state index in [1.807, 2.05) is 24.0 Å². The zero-order valence-corrected chi connectivity index (χ0v) is 13.4. The van der Waals surface area contributed by atoms with E-state index in [0.29, 0.717) is 23.6 Å². The van der Waals surface area contributed by atoms with Crippen LogP contribution in [0.1, 0.15) is 50.9 Å². The molecular formula is C16H24N4O. The fourth-order valence-corrected chi connectivity index (χ4v) is 2.01. The SMILES string of the molecule is CNCc1cc(Oc2cnn(C(C)C)c2)nc(C(C)C)c1. The third kappa shape index (κ3) is 4.04. The van der Waals surface area contributed by atoms with E-state index in [4.69, 9.17) is 4.74 Å². The molecule has 0 aromatic carbocycles. The molecule has 0 aliphatic carbocycles. The first-order valence-electron chi connectivity index (χ1n) is 7.37. The number of pyridine rings is 1. The molecule has 2 rings (SSSR count). The summed E-state index contributed by atoms with van der Waals surface area (Å²) in [7, 11) is 1.93. The molecule has 0 saturated heterocycles. The topological polar surface area (TPSA) is 52.0 Å². The Bertz CT molecular complexity index is 590. The number of hydrogen-bond donors (Lipinski definition) is 1. The normalized spacial score (nSPS) is 11.4. The Hall–Kier alpha value is -1.88. The number of aromatic nitrogens is 3. The predicted molar refractivity (Wildman–Crippen MR) is 83.8 cm³/mol. The van der Waals surface area contributed by atoms with Crippen LogP contribution in [0.15, 0.2) is 24.5 Å². The van der Waals surface area contributed by atoms with Crippen molar-refractivity contribution in [1.82, 2.24) is 20.1 Å². The van der Waals surface area contributed by atoms with Crippen LogP contribution in [0.3, 0.4) is 0 Å². The minimum Gasteiger partial charge on any atom is -0.436 e. The van der Waals surface area contributed by atoms with Gasteiger partial charge in [0, 0.05) is 24.3 Å². The molecule has 0 bridgehead atoms. The van der Waals surface area contributed by atoms with Crippen molar-refractivity contribution in [2.45, 2.75) is 46.2 Å². The van der Waals surface area contributed by atoms with Gasteiger partial charge in [0.05, 0.1) is 12.4 Å². The number of rotatable bonds is 6. The van der Waals surface area contributed by atoms with Gasteiger partial charge in [0.25, 0.3) is 0 Å². The molecule has 2 aromatic rings. The van der Waals surface area contributed by atoms with Gasteiger partial charge in [-0.05, 0) is 38.4 Å². The van der Waals surface area contributed by atoms with Crippen LogP contribution in [0.4, 0.5) is 0 Å². The molecule has 21 heavy (non-hydrogen) atoms. The molecule has 114 valence electrons. The van der Waals surface area contributed by atoms with Crippen LogP contribution in [-0.4, -0.2) is 21.8 Å². The standard InChI is InChI=1S/C16H24N4O/c1-11(2)15-6-13(8-17-5)7-16(19-15)21-14-9-18-20(10-14)12(3)4/h6-7,9-12,17H,8H2,1-5H3. The lowest BCUT2D eigenvalue weighted by Crippen LogP contribution is -2.07. The van der Waals surface area contributed by atoms with E-state index in [1.54, 1.807) is 6.20 Å². The minimum absolute atomic E-state index is 0.317. The largest absolute Gasteiger partial charge is 0.436 e. The fourth-order valence-electron chi connectivity index (χ4n) is 2.01. The fraction of sp³-hybridized carbons (Fsp3) is 0.500. The average molecular weight is 288 g/mol. The highest BCUT2D eigenvalue weighted by atomic mass is 16.5. The highest BCUT2D eigenvalue weighted by Gasteiger charge is 2.09. The summed E-state index contributed by atoms with van der Waals surface area (Å²) >= 11 is 0. The summed E-state index contributed by atoms with van der Waals surface area (Å²) in [6.45, 7) is 9.22. The average Bonchev–Trinajstić information content (AvgIpc) is 2.87. The van der Waals surface area contributed by atoms with Crippen LogP contribution in [-0.2, 0) is 6.54 Å². The van der Waals surface area contributed by atoms with Crippen LogP contribution in [0.2, 0.25) is 0 Å². The highest BCUT2D eigenvalue weighted by Crippen LogP contribution is 2.24. The number of nitrogens with zero attached hydrogens (tertiary/aromatic N) is 3. The van der Waals surface area contributed by atoms with Crippen LogP contribution in [0.5, 0.6) is 11.6 Å². The smallest absolute Gasteiger partial charge is 0.219 e. The molecule has 2 aromatic heterocycles. The lowest BCUT2D eigenvalue weighted by Gasteiger charge is -2.11. The zero-order valence-electron chi connectivity index (χ0n) is 13.4. The maximum atomic E-state index is 5.86. The summed E-state index contributed by atoms with van der Waals surface area (Å²) in [6, 6.07) is 4.40. The van der Waals surface area contributed by atoms with Gasteiger partial charge in [0.2, 0.25) is 5.88 Å². The van der Waals surface area contributed by atoms with Crippen molar-refractivity contribution >= 4 is 0 Å². The zero-order chi connectivity index (χ0) is 15.4. The molecule has 0 radical (unpaired) electrons. The molecule has 5 heteroatoms. The van der Waals surface area contributed by atoms with Crippen LogP contribution in [0, 0.1) is 0 Å². The van der Waals surface area contributed by atoms with Crippen LogP contribution in [0.25, 0.3) is 0 Å². The van der Waals surface area contributed by atoms with E-state index in [0.717, 1.165) is 12.2 Å². The van der Waals surface area contributed by atoms with Crippen molar-refractivity contribution < 1.29 is 4.74 Å². The van der Waals surface area contributed by atoms with Crippen LogP contribution >= 0.6 is 0 Å². The quantitative estimate of drug-likeness (QED) is 0.884. The van der Waals surface area contributed by atoms with Crippen molar-refractivity contribution in [1.29, 1.82) is 0 Å². The number of ether oxygens (including phenoxy) is 1. The van der Waals surface area contributed by atoms with Crippen molar-refractivity contribution in [3.63, 3.8) is 0 Å². The lowest BCUT2D eigenvalue weighted by molar-refractivity contribution is 0.454. The molecule has 0 fully saturated rings. The number of hydrogen-bond acceptors (Lipinski definition) is 4. The summed E-state index contributed by atoms with van der Waals surface area (Å²) in [5.74, 6) is 1.70. The molecule has 5 nitrogen and oxygen atoms in total. The Morgan fingerprint density at radius 3 is 2.57 bits per heavy atom. The van der Waals surface area contributed by atoms with Crippen molar-refractivity contribution in [3.05, 3.63) is 35.8 Å². The molecule has 0 amide bonds. The van der Waals surface area contributed by atoms with Gasteiger partial charge in [-0.1, -0.05) is 13.8 Å². The van der Waals surface area contributed by atoms with Crippen molar-refractivity contribution in [2.24, 2.45) is 0 Å². The van der Waals surface area contributed by atoms with E-state index in [9.17, 15) is 0 Å². The van der Waals surface area contributed by atoms with E-state index < -0.39 is 0 Å². The summed E-state index contributed by atoms with van der Waals surface area (Å²) in [4.78, 5) is 4.58. The molecule has 0 saturated carbocycles. The van der Waals surface area contributed by atoms with Gasteiger partial charge in [-0.2, -0.15) is 5.10 Å². The van der Waals surface area contributed by atoms with E-state index in [-0.39, 0.29) is 0 Å². The molecular weight excluding hydrogens is 264 g/mol. The Kier molecular flexibility index (Phi) is 4.96. The predicted octanol–water partition coefficient (Wildman–Crippen LogP) is 3.49. The Labute approximate surface area is 126 Å². The second-order valence-corrected chi connectivity index (χ2v) is 5.78. The molecule has 1 N–H and O–H groups in total. The summed E-state index contributed by atoms with van der Waals surface area (Å²) in [6.07, 6.45) is 3.62. The molecule has 0 atom stereocenters. The van der Waals surface area contributed by atoms with Crippen molar-refractivity contribution in [2.75, 3.05) is 7.05 Å². The first kappa shape index (κ1) is 15.5. The van der Waals surface area contributed by atoms with E-state index >= 15 is 0 Å². The van der Waals surface area contributed by atoms with E-state index in [2.05, 4.69) is 49.2 Å². The molecule has 0 aliphatic heterocycles. The Balaban J connectivity index is 2.24. The van der Waals surface area contributed by atoms with Gasteiger partial charge in [0.15, 0.2) is 5.75 Å². The van der Waals surface area contributed by atoms with Gasteiger partial charge in [-0.3, -0.25) is 4.68 Å². The number of nitrogens with one attached hydrogen (secondary N) is 1.